The average Bonchev–Trinajstić information content (AvgIpc) is 2.81. The van der Waals surface area contributed by atoms with Gasteiger partial charge in [-0.25, -0.2) is 4.39 Å². The minimum absolute atomic E-state index is 0.0155. The molecule has 1 saturated heterocycles. The van der Waals surface area contributed by atoms with Crippen molar-refractivity contribution in [2.75, 3.05) is 20.2 Å². The van der Waals surface area contributed by atoms with Gasteiger partial charge in [-0.15, -0.1) is 0 Å². The van der Waals surface area contributed by atoms with Gasteiger partial charge in [0, 0.05) is 30.8 Å². The molecule has 0 radical (unpaired) electrons. The molecule has 1 fully saturated rings. The van der Waals surface area contributed by atoms with Crippen molar-refractivity contribution in [2.24, 2.45) is 0 Å². The zero-order valence-corrected chi connectivity index (χ0v) is 10.9. The highest BCUT2D eigenvalue weighted by atomic mass is 19.1. The quantitative estimate of drug-likeness (QED) is 0.895. The van der Waals surface area contributed by atoms with E-state index in [0.717, 1.165) is 37.6 Å². The van der Waals surface area contributed by atoms with Crippen LogP contribution in [0.2, 0.25) is 0 Å². The molecular formula is C14H20FNO2. The minimum Gasteiger partial charge on any atom is -0.508 e. The maximum Gasteiger partial charge on any atom is 0.126 e. The van der Waals surface area contributed by atoms with Gasteiger partial charge < -0.3 is 9.84 Å². The normalized spacial score (nSPS) is 21.4. The van der Waals surface area contributed by atoms with Gasteiger partial charge in [0.05, 0.1) is 6.10 Å². The first-order valence-electron chi connectivity index (χ1n) is 6.38. The van der Waals surface area contributed by atoms with Gasteiger partial charge in [-0.1, -0.05) is 6.07 Å². The van der Waals surface area contributed by atoms with Crippen molar-refractivity contribution in [3.8, 4) is 5.75 Å². The van der Waals surface area contributed by atoms with E-state index in [1.165, 1.54) is 6.07 Å². The molecule has 1 aromatic rings. The number of rotatable bonds is 4. The largest absolute Gasteiger partial charge is 0.508 e. The van der Waals surface area contributed by atoms with Gasteiger partial charge in [0.25, 0.3) is 0 Å². The lowest BCUT2D eigenvalue weighted by Gasteiger charge is -2.27. The summed E-state index contributed by atoms with van der Waals surface area (Å²) in [6.07, 6.45) is 2.49. The highest BCUT2D eigenvalue weighted by Gasteiger charge is 2.22. The van der Waals surface area contributed by atoms with Crippen LogP contribution >= 0.6 is 0 Å². The summed E-state index contributed by atoms with van der Waals surface area (Å²) in [6.45, 7) is 3.68. The number of halogens is 1. The molecule has 1 aliphatic rings. The van der Waals surface area contributed by atoms with Crippen molar-refractivity contribution in [2.45, 2.75) is 31.9 Å². The minimum atomic E-state index is -0.412. The Morgan fingerprint density at radius 3 is 2.94 bits per heavy atom. The second-order valence-corrected chi connectivity index (χ2v) is 4.95. The van der Waals surface area contributed by atoms with Gasteiger partial charge in [0.2, 0.25) is 0 Å². The molecule has 1 heterocycles. The summed E-state index contributed by atoms with van der Waals surface area (Å²) in [5.74, 6) is -0.396. The molecule has 1 aliphatic heterocycles. The second kappa shape index (κ2) is 5.67. The van der Waals surface area contributed by atoms with Gasteiger partial charge in [0.1, 0.15) is 11.6 Å². The van der Waals surface area contributed by atoms with Gasteiger partial charge in [0.15, 0.2) is 0 Å². The van der Waals surface area contributed by atoms with E-state index in [0.29, 0.717) is 0 Å². The Morgan fingerprint density at radius 2 is 2.33 bits per heavy atom. The van der Waals surface area contributed by atoms with Crippen molar-refractivity contribution in [3.63, 3.8) is 0 Å². The lowest BCUT2D eigenvalue weighted by molar-refractivity contribution is 0.0700. The Balaban J connectivity index is 2.02. The van der Waals surface area contributed by atoms with E-state index >= 15 is 0 Å². The number of phenolic OH excluding ortho intramolecular Hbond substituents is 1. The van der Waals surface area contributed by atoms with Crippen molar-refractivity contribution in [1.82, 2.24) is 4.90 Å². The molecular weight excluding hydrogens is 233 g/mol. The lowest BCUT2D eigenvalue weighted by atomic mass is 10.1. The fraction of sp³-hybridized carbons (Fsp3) is 0.571. The maximum absolute atomic E-state index is 12.9. The third-order valence-corrected chi connectivity index (χ3v) is 3.62. The fourth-order valence-corrected chi connectivity index (χ4v) is 2.38. The molecule has 2 rings (SSSR count). The Hall–Kier alpha value is -1.13. The summed E-state index contributed by atoms with van der Waals surface area (Å²) in [4.78, 5) is 2.13. The van der Waals surface area contributed by atoms with Gasteiger partial charge in [-0.05, 0) is 32.9 Å². The Labute approximate surface area is 107 Å². The van der Waals surface area contributed by atoms with Crippen molar-refractivity contribution >= 4 is 0 Å². The van der Waals surface area contributed by atoms with Crippen LogP contribution in [0.15, 0.2) is 18.2 Å². The Kier molecular flexibility index (Phi) is 4.19. The molecule has 3 nitrogen and oxygen atoms in total. The Morgan fingerprint density at radius 1 is 1.56 bits per heavy atom. The number of hydrogen-bond donors (Lipinski definition) is 1. The second-order valence-electron chi connectivity index (χ2n) is 4.95. The molecule has 1 aromatic carbocycles. The molecule has 4 heteroatoms. The molecule has 1 N–H and O–H groups in total. The van der Waals surface area contributed by atoms with E-state index in [9.17, 15) is 9.50 Å². The highest BCUT2D eigenvalue weighted by Crippen LogP contribution is 2.29. The number of benzene rings is 1. The smallest absolute Gasteiger partial charge is 0.126 e. The molecule has 0 amide bonds. The molecule has 100 valence electrons. The van der Waals surface area contributed by atoms with Crippen molar-refractivity contribution in [3.05, 3.63) is 29.6 Å². The van der Waals surface area contributed by atoms with Crippen LogP contribution in [-0.2, 0) is 4.74 Å². The molecule has 0 aliphatic carbocycles. The standard InChI is InChI=1S/C14H20FNO2/c1-10(13-6-5-11(15)8-14(13)17)16(2)9-12-4-3-7-18-12/h5-6,8,10,12,17H,3-4,7,9H2,1-2H3. The van der Waals surface area contributed by atoms with E-state index in [1.807, 2.05) is 14.0 Å². The van der Waals surface area contributed by atoms with E-state index in [-0.39, 0.29) is 17.9 Å². The summed E-state index contributed by atoms with van der Waals surface area (Å²) in [6, 6.07) is 4.22. The maximum atomic E-state index is 12.9. The highest BCUT2D eigenvalue weighted by molar-refractivity contribution is 5.34. The number of hydrogen-bond acceptors (Lipinski definition) is 3. The van der Waals surface area contributed by atoms with Gasteiger partial charge in [-0.2, -0.15) is 0 Å². The zero-order chi connectivity index (χ0) is 13.1. The summed E-state index contributed by atoms with van der Waals surface area (Å²) in [5.41, 5.74) is 0.747. The number of phenols is 1. The average molecular weight is 253 g/mol. The predicted octanol–water partition coefficient (Wildman–Crippen LogP) is 2.70. The Bertz CT molecular complexity index is 405. The number of aromatic hydroxyl groups is 1. The number of likely N-dealkylation sites (N-methyl/N-ethyl adjacent to an activating group) is 1. The van der Waals surface area contributed by atoms with E-state index in [1.54, 1.807) is 6.07 Å². The topological polar surface area (TPSA) is 32.7 Å². The van der Waals surface area contributed by atoms with E-state index < -0.39 is 5.82 Å². The van der Waals surface area contributed by atoms with E-state index in [4.69, 9.17) is 4.74 Å². The number of ether oxygens (including phenoxy) is 1. The van der Waals surface area contributed by atoms with Crippen LogP contribution in [0, 0.1) is 5.82 Å². The first kappa shape index (κ1) is 13.3. The summed E-state index contributed by atoms with van der Waals surface area (Å²) < 4.78 is 18.5. The zero-order valence-electron chi connectivity index (χ0n) is 10.9. The monoisotopic (exact) mass is 253 g/mol. The van der Waals surface area contributed by atoms with Crippen LogP contribution in [0.5, 0.6) is 5.75 Å². The molecule has 18 heavy (non-hydrogen) atoms. The molecule has 0 saturated carbocycles. The van der Waals surface area contributed by atoms with Crippen LogP contribution in [-0.4, -0.2) is 36.3 Å². The third kappa shape index (κ3) is 3.00. The fourth-order valence-electron chi connectivity index (χ4n) is 2.38. The van der Waals surface area contributed by atoms with Crippen LogP contribution < -0.4 is 0 Å². The van der Waals surface area contributed by atoms with Crippen LogP contribution in [0.25, 0.3) is 0 Å². The molecule has 0 bridgehead atoms. The first-order valence-corrected chi connectivity index (χ1v) is 6.38. The SMILES string of the molecule is CC(c1ccc(F)cc1O)N(C)CC1CCCO1. The van der Waals surface area contributed by atoms with Gasteiger partial charge >= 0.3 is 0 Å². The molecule has 2 unspecified atom stereocenters. The van der Waals surface area contributed by atoms with E-state index in [2.05, 4.69) is 4.90 Å². The molecule has 0 spiro atoms. The molecule has 2 atom stereocenters. The lowest BCUT2D eigenvalue weighted by Crippen LogP contribution is -2.31. The van der Waals surface area contributed by atoms with Crippen molar-refractivity contribution < 1.29 is 14.2 Å². The van der Waals surface area contributed by atoms with Crippen molar-refractivity contribution in [1.29, 1.82) is 0 Å². The molecule has 0 aromatic heterocycles. The summed E-state index contributed by atoms with van der Waals surface area (Å²) in [7, 11) is 2.00. The summed E-state index contributed by atoms with van der Waals surface area (Å²) >= 11 is 0. The van der Waals surface area contributed by atoms with Crippen LogP contribution in [0.4, 0.5) is 4.39 Å². The first-order chi connectivity index (χ1) is 8.58. The van der Waals surface area contributed by atoms with Crippen LogP contribution in [0.1, 0.15) is 31.4 Å². The third-order valence-electron chi connectivity index (χ3n) is 3.62. The predicted molar refractivity (Wildman–Crippen MR) is 68.1 cm³/mol. The number of nitrogens with zero attached hydrogens (tertiary/aromatic N) is 1. The van der Waals surface area contributed by atoms with Crippen LogP contribution in [0.3, 0.4) is 0 Å². The van der Waals surface area contributed by atoms with Gasteiger partial charge in [-0.3, -0.25) is 4.90 Å². The summed E-state index contributed by atoms with van der Waals surface area (Å²) in [5, 5.41) is 9.77.